The van der Waals surface area contributed by atoms with Crippen LogP contribution in [0.1, 0.15) is 16.8 Å². The number of phenolic OH excluding ortho intramolecular Hbond substituents is 1. The third-order valence-electron chi connectivity index (χ3n) is 5.62. The molecular formula is C24H21F2N3O5S2. The number of aryl methyl sites for hydroxylation is 1. The van der Waals surface area contributed by atoms with Gasteiger partial charge in [-0.2, -0.15) is 0 Å². The van der Waals surface area contributed by atoms with E-state index >= 15 is 0 Å². The first-order valence-corrected chi connectivity index (χ1v) is 13.5. The van der Waals surface area contributed by atoms with Crippen molar-refractivity contribution >= 4 is 42.3 Å². The molecule has 0 fully saturated rings. The highest BCUT2D eigenvalue weighted by Crippen LogP contribution is 2.37. The van der Waals surface area contributed by atoms with E-state index in [1.54, 1.807) is 6.92 Å². The highest BCUT2D eigenvalue weighted by Gasteiger charge is 2.29. The van der Waals surface area contributed by atoms with Crippen molar-refractivity contribution in [2.75, 3.05) is 9.44 Å². The van der Waals surface area contributed by atoms with E-state index in [0.29, 0.717) is 5.69 Å². The Morgan fingerprint density at radius 3 is 1.78 bits per heavy atom. The van der Waals surface area contributed by atoms with Gasteiger partial charge in [-0.05, 0) is 63.2 Å². The van der Waals surface area contributed by atoms with Crippen LogP contribution in [0.25, 0.3) is 10.9 Å². The maximum atomic E-state index is 14.0. The molecule has 188 valence electrons. The summed E-state index contributed by atoms with van der Waals surface area (Å²) in [5.74, 6) is -2.08. The second-order valence-corrected chi connectivity index (χ2v) is 11.4. The minimum Gasteiger partial charge on any atom is -0.504 e. The van der Waals surface area contributed by atoms with Crippen LogP contribution in [-0.2, 0) is 20.0 Å². The van der Waals surface area contributed by atoms with Crippen LogP contribution in [0.4, 0.5) is 20.2 Å². The molecule has 3 N–H and O–H groups in total. The van der Waals surface area contributed by atoms with Gasteiger partial charge in [0.1, 0.15) is 22.0 Å². The topological polar surface area (TPSA) is 125 Å². The molecule has 8 nitrogen and oxygen atoms in total. The molecule has 36 heavy (non-hydrogen) atoms. The number of aromatic hydroxyl groups is 1. The van der Waals surface area contributed by atoms with Crippen molar-refractivity contribution in [1.82, 2.24) is 4.98 Å². The summed E-state index contributed by atoms with van der Waals surface area (Å²) in [5, 5.41) is 10.8. The van der Waals surface area contributed by atoms with E-state index in [2.05, 4.69) is 14.4 Å². The summed E-state index contributed by atoms with van der Waals surface area (Å²) in [4.78, 5) is 2.85. The third kappa shape index (κ3) is 4.56. The van der Waals surface area contributed by atoms with Gasteiger partial charge in [-0.1, -0.05) is 12.1 Å². The molecule has 0 bridgehead atoms. The zero-order valence-electron chi connectivity index (χ0n) is 19.3. The predicted molar refractivity (Wildman–Crippen MR) is 132 cm³/mol. The number of halogens is 2. The number of sulfonamides is 2. The number of anilines is 2. The number of fused-ring (bicyclic) bond motifs is 1. The van der Waals surface area contributed by atoms with Crippen molar-refractivity contribution in [2.45, 2.75) is 30.6 Å². The number of pyridine rings is 1. The molecule has 0 atom stereocenters. The standard InChI is InChI=1S/C24H21F2N3O5S2/c1-13-10-11-16-21(35(31,32)28-19-8-4-6-17(25)14(19)2)12-22(24(30)23(16)27-13)36(33,34)29-20-9-5-7-18(26)15(20)3/h4-12,28-30H,1-3H3. The first-order valence-electron chi connectivity index (χ1n) is 10.5. The van der Waals surface area contributed by atoms with E-state index < -0.39 is 47.2 Å². The highest BCUT2D eigenvalue weighted by atomic mass is 32.2. The Hall–Kier alpha value is -3.77. The zero-order chi connectivity index (χ0) is 26.4. The molecule has 0 spiro atoms. The number of hydrogen-bond donors (Lipinski definition) is 3. The van der Waals surface area contributed by atoms with Gasteiger partial charge in [0.15, 0.2) is 5.75 Å². The quantitative estimate of drug-likeness (QED) is 0.329. The summed E-state index contributed by atoms with van der Waals surface area (Å²) >= 11 is 0. The predicted octanol–water partition coefficient (Wildman–Crippen LogP) is 4.75. The lowest BCUT2D eigenvalue weighted by Crippen LogP contribution is -2.18. The Balaban J connectivity index is 1.93. The summed E-state index contributed by atoms with van der Waals surface area (Å²) < 4.78 is 85.8. The van der Waals surface area contributed by atoms with Gasteiger partial charge in [0.25, 0.3) is 20.0 Å². The van der Waals surface area contributed by atoms with Crippen LogP contribution in [0, 0.1) is 32.4 Å². The average molecular weight is 534 g/mol. The molecule has 12 heteroatoms. The smallest absolute Gasteiger partial charge is 0.265 e. The Bertz CT molecular complexity index is 1740. The van der Waals surface area contributed by atoms with Crippen LogP contribution >= 0.6 is 0 Å². The number of nitrogens with one attached hydrogen (secondary N) is 2. The number of hydrogen-bond acceptors (Lipinski definition) is 6. The van der Waals surface area contributed by atoms with Gasteiger partial charge in [-0.25, -0.2) is 30.6 Å². The van der Waals surface area contributed by atoms with Crippen molar-refractivity contribution in [3.05, 3.63) is 83.1 Å². The van der Waals surface area contributed by atoms with Gasteiger partial charge in [-0.3, -0.25) is 9.44 Å². The number of benzene rings is 3. The fraction of sp³-hybridized carbons (Fsp3) is 0.125. The van der Waals surface area contributed by atoms with Crippen LogP contribution in [0.5, 0.6) is 5.75 Å². The molecule has 1 aromatic heterocycles. The van der Waals surface area contributed by atoms with Crippen molar-refractivity contribution in [3.8, 4) is 5.75 Å². The summed E-state index contributed by atoms with van der Waals surface area (Å²) in [6.45, 7) is 4.32. The van der Waals surface area contributed by atoms with Crippen LogP contribution in [0.2, 0.25) is 0 Å². The molecule has 0 aliphatic rings. The van der Waals surface area contributed by atoms with E-state index in [1.165, 1.54) is 56.3 Å². The Labute approximate surface area is 206 Å². The first kappa shape index (κ1) is 25.3. The molecule has 4 rings (SSSR count). The zero-order valence-corrected chi connectivity index (χ0v) is 20.9. The number of aromatic nitrogens is 1. The Kier molecular flexibility index (Phi) is 6.35. The Morgan fingerprint density at radius 2 is 1.25 bits per heavy atom. The second-order valence-electron chi connectivity index (χ2n) is 8.11. The van der Waals surface area contributed by atoms with Crippen LogP contribution in [0.15, 0.2) is 64.4 Å². The first-order chi connectivity index (χ1) is 16.8. The maximum Gasteiger partial charge on any atom is 0.265 e. The molecule has 0 radical (unpaired) electrons. The summed E-state index contributed by atoms with van der Waals surface area (Å²) in [6, 6.07) is 11.3. The highest BCUT2D eigenvalue weighted by molar-refractivity contribution is 7.93. The number of nitrogens with zero attached hydrogens (tertiary/aromatic N) is 1. The molecule has 3 aromatic carbocycles. The fourth-order valence-electron chi connectivity index (χ4n) is 3.58. The van der Waals surface area contributed by atoms with Gasteiger partial charge < -0.3 is 5.11 Å². The molecule has 0 saturated heterocycles. The summed E-state index contributed by atoms with van der Waals surface area (Å²) in [7, 11) is -9.12. The van der Waals surface area contributed by atoms with Gasteiger partial charge >= 0.3 is 0 Å². The van der Waals surface area contributed by atoms with Gasteiger partial charge in [0, 0.05) is 22.2 Å². The van der Waals surface area contributed by atoms with Crippen molar-refractivity contribution in [2.24, 2.45) is 0 Å². The minimum absolute atomic E-state index is 0.00594. The van der Waals surface area contributed by atoms with Crippen LogP contribution < -0.4 is 9.44 Å². The summed E-state index contributed by atoms with van der Waals surface area (Å²) in [5.41, 5.74) is 0.0169. The van der Waals surface area contributed by atoms with Crippen LogP contribution in [0.3, 0.4) is 0 Å². The lowest BCUT2D eigenvalue weighted by molar-refractivity contribution is 0.463. The van der Waals surface area contributed by atoms with E-state index in [-0.39, 0.29) is 33.4 Å². The molecule has 0 amide bonds. The average Bonchev–Trinajstić information content (AvgIpc) is 2.80. The molecule has 0 aliphatic heterocycles. The van der Waals surface area contributed by atoms with Gasteiger partial charge in [-0.15, -0.1) is 0 Å². The van der Waals surface area contributed by atoms with E-state index in [1.807, 2.05) is 0 Å². The minimum atomic E-state index is -4.62. The molecule has 0 saturated carbocycles. The second kappa shape index (κ2) is 9.03. The molecule has 4 aromatic rings. The molecular weight excluding hydrogens is 512 g/mol. The van der Waals surface area contributed by atoms with Gasteiger partial charge in [0.05, 0.1) is 16.3 Å². The summed E-state index contributed by atoms with van der Waals surface area (Å²) in [6.07, 6.45) is 0. The van der Waals surface area contributed by atoms with E-state index in [0.717, 1.165) is 12.1 Å². The normalized spacial score (nSPS) is 12.0. The fourth-order valence-corrected chi connectivity index (χ4v) is 6.25. The molecule has 0 unspecified atom stereocenters. The SMILES string of the molecule is Cc1ccc2c(S(=O)(=O)Nc3cccc(F)c3C)cc(S(=O)(=O)Nc3cccc(F)c3C)c(O)c2n1. The van der Waals surface area contributed by atoms with Gasteiger partial charge in [0.2, 0.25) is 0 Å². The Morgan fingerprint density at radius 1 is 0.750 bits per heavy atom. The lowest BCUT2D eigenvalue weighted by atomic mass is 10.2. The molecule has 1 heterocycles. The maximum absolute atomic E-state index is 14.0. The lowest BCUT2D eigenvalue weighted by Gasteiger charge is -2.17. The number of rotatable bonds is 6. The van der Waals surface area contributed by atoms with E-state index in [9.17, 15) is 30.7 Å². The monoisotopic (exact) mass is 533 g/mol. The largest absolute Gasteiger partial charge is 0.504 e. The number of phenols is 1. The van der Waals surface area contributed by atoms with E-state index in [4.69, 9.17) is 0 Å². The van der Waals surface area contributed by atoms with Crippen molar-refractivity contribution < 1.29 is 30.7 Å². The van der Waals surface area contributed by atoms with Crippen molar-refractivity contribution in [3.63, 3.8) is 0 Å². The molecule has 0 aliphatic carbocycles. The van der Waals surface area contributed by atoms with Crippen LogP contribution in [-0.4, -0.2) is 26.9 Å². The van der Waals surface area contributed by atoms with Crippen molar-refractivity contribution in [1.29, 1.82) is 0 Å². The third-order valence-corrected chi connectivity index (χ3v) is 8.41.